The fourth-order valence-corrected chi connectivity index (χ4v) is 12.9. The number of allylic oxidation sites excluding steroid dienone is 10. The van der Waals surface area contributed by atoms with Gasteiger partial charge in [0.1, 0.15) is 13.2 Å². The molecule has 0 spiro atoms. The molecule has 0 radical (unpaired) electrons. The van der Waals surface area contributed by atoms with Gasteiger partial charge in [-0.3, -0.25) is 13.8 Å². The van der Waals surface area contributed by atoms with Crippen molar-refractivity contribution in [1.82, 2.24) is 5.32 Å². The summed E-state index contributed by atoms with van der Waals surface area (Å²) >= 11 is 0. The number of aliphatic hydroxyl groups is 1. The lowest BCUT2D eigenvalue weighted by Crippen LogP contribution is -2.46. The first-order chi connectivity index (χ1) is 44.0. The topological polar surface area (TPSA) is 105 Å². The summed E-state index contributed by atoms with van der Waals surface area (Å²) in [6.07, 6.45) is 99.4. The lowest BCUT2D eigenvalue weighted by atomic mass is 10.0. The second-order valence-electron chi connectivity index (χ2n) is 28.4. The third-order valence-electron chi connectivity index (χ3n) is 18.3. The number of nitrogens with zero attached hydrogens (tertiary/aromatic N) is 1. The standard InChI is InChI=1S/C81H155N2O6P/c1-6-8-10-12-14-16-18-20-22-24-26-28-30-32-34-36-37-38-39-40-41-42-43-44-45-47-49-51-53-55-57-59-61-63-65-67-69-71-73-75-81(85)82-79(78-89-90(86,87)88-77-76-83(3,4)5)80(84)74-72-70-68-66-64-62-60-58-56-54-52-50-48-46-35-33-31-29-27-25-23-21-19-17-15-13-11-9-7-2/h8,10,14,16,20,22,26,28,32,34,79-80,84H,6-7,9,11-13,15,17-19,21,23-25,27,29-31,33,35-78H2,1-5H3,(H-,82,85,86,87)/p+1/b10-8-,16-14-,22-20-,28-26-,34-32-. The number of aliphatic hydroxyl groups excluding tert-OH is 1. The highest BCUT2D eigenvalue weighted by molar-refractivity contribution is 7.47. The maximum atomic E-state index is 13.1. The molecule has 3 N–H and O–H groups in total. The van der Waals surface area contributed by atoms with Crippen LogP contribution in [0.25, 0.3) is 0 Å². The van der Waals surface area contributed by atoms with E-state index in [-0.39, 0.29) is 19.1 Å². The monoisotopic (exact) mass is 1280 g/mol. The van der Waals surface area contributed by atoms with Crippen LogP contribution in [-0.4, -0.2) is 73.4 Å². The van der Waals surface area contributed by atoms with Crippen molar-refractivity contribution in [1.29, 1.82) is 0 Å². The Kier molecular flexibility index (Phi) is 70.1. The molecule has 0 heterocycles. The molecule has 0 bridgehead atoms. The summed E-state index contributed by atoms with van der Waals surface area (Å²) in [5.41, 5.74) is 0. The second kappa shape index (κ2) is 71.5. The van der Waals surface area contributed by atoms with E-state index in [1.165, 1.54) is 302 Å². The summed E-state index contributed by atoms with van der Waals surface area (Å²) in [5.74, 6) is -0.136. The summed E-state index contributed by atoms with van der Waals surface area (Å²) in [5, 5.41) is 14.2. The number of quaternary nitrogens is 1. The van der Waals surface area contributed by atoms with E-state index in [0.29, 0.717) is 23.9 Å². The molecule has 8 nitrogen and oxygen atoms in total. The zero-order valence-corrected chi connectivity index (χ0v) is 61.8. The molecule has 0 saturated carbocycles. The van der Waals surface area contributed by atoms with Gasteiger partial charge in [-0.25, -0.2) is 4.57 Å². The number of amides is 1. The zero-order valence-electron chi connectivity index (χ0n) is 60.9. The number of unbranched alkanes of at least 4 members (excludes halogenated alkanes) is 51. The number of rotatable bonds is 74. The Balaban J connectivity index is 3.91. The second-order valence-corrected chi connectivity index (χ2v) is 29.9. The van der Waals surface area contributed by atoms with E-state index in [2.05, 4.69) is 79.9 Å². The van der Waals surface area contributed by atoms with E-state index in [4.69, 9.17) is 9.05 Å². The van der Waals surface area contributed by atoms with E-state index in [1.807, 2.05) is 21.1 Å². The molecule has 530 valence electrons. The number of phosphoric acid groups is 1. The van der Waals surface area contributed by atoms with Crippen molar-refractivity contribution < 1.29 is 32.9 Å². The molecular formula is C81H156N2O6P+. The quantitative estimate of drug-likeness (QED) is 0.0243. The van der Waals surface area contributed by atoms with Crippen LogP contribution in [0.1, 0.15) is 399 Å². The fraction of sp³-hybridized carbons (Fsp3) is 0.864. The van der Waals surface area contributed by atoms with Gasteiger partial charge in [-0.15, -0.1) is 0 Å². The number of carbonyl (C=O) groups is 1. The smallest absolute Gasteiger partial charge is 0.391 e. The van der Waals surface area contributed by atoms with Crippen LogP contribution in [0.15, 0.2) is 60.8 Å². The number of hydrogen-bond donors (Lipinski definition) is 3. The predicted octanol–water partition coefficient (Wildman–Crippen LogP) is 25.9. The fourth-order valence-electron chi connectivity index (χ4n) is 12.2. The molecular weight excluding hydrogens is 1130 g/mol. The van der Waals surface area contributed by atoms with E-state index in [0.717, 1.165) is 70.6 Å². The van der Waals surface area contributed by atoms with Gasteiger partial charge in [-0.1, -0.05) is 396 Å². The molecule has 0 aromatic heterocycles. The summed E-state index contributed by atoms with van der Waals surface area (Å²) in [6.45, 7) is 4.84. The lowest BCUT2D eigenvalue weighted by Gasteiger charge is -2.26. The third kappa shape index (κ3) is 73.6. The van der Waals surface area contributed by atoms with Crippen LogP contribution < -0.4 is 5.32 Å². The summed E-state index contributed by atoms with van der Waals surface area (Å²) < 4.78 is 24.0. The molecule has 90 heavy (non-hydrogen) atoms. The van der Waals surface area contributed by atoms with E-state index in [1.54, 1.807) is 0 Å². The Labute approximate surface area is 562 Å². The van der Waals surface area contributed by atoms with Crippen LogP contribution in [-0.2, 0) is 18.4 Å². The SMILES string of the molecule is CC/C=C\C/C=C\C/C=C\C/C=C\C/C=C\CCCCCCCCCCCCCCCCCCCCCCCCCC(=O)NC(COP(=O)(O)OCC[N+](C)(C)C)C(O)CCCCCCCCCCCCCCCCCCCCCCCCCCCCCCC. The molecule has 0 aliphatic rings. The maximum Gasteiger partial charge on any atom is 0.472 e. The number of carbonyl (C=O) groups excluding carboxylic acids is 1. The Morgan fingerprint density at radius 2 is 0.667 bits per heavy atom. The van der Waals surface area contributed by atoms with Crippen LogP contribution in [0.5, 0.6) is 0 Å². The number of likely N-dealkylation sites (N-methyl/N-ethyl adjacent to an activating group) is 1. The summed E-state index contributed by atoms with van der Waals surface area (Å²) in [6, 6.07) is -0.762. The van der Waals surface area contributed by atoms with E-state index in [9.17, 15) is 19.4 Å². The number of nitrogens with one attached hydrogen (secondary N) is 1. The molecule has 1 amide bonds. The van der Waals surface area contributed by atoms with Gasteiger partial charge >= 0.3 is 7.82 Å². The summed E-state index contributed by atoms with van der Waals surface area (Å²) in [7, 11) is 1.64. The first-order valence-corrected chi connectivity index (χ1v) is 41.1. The molecule has 0 aliphatic carbocycles. The van der Waals surface area contributed by atoms with Crippen molar-refractivity contribution in [2.45, 2.75) is 411 Å². The van der Waals surface area contributed by atoms with Crippen molar-refractivity contribution in [2.24, 2.45) is 0 Å². The van der Waals surface area contributed by atoms with E-state index < -0.39 is 20.0 Å². The highest BCUT2D eigenvalue weighted by atomic mass is 31.2. The van der Waals surface area contributed by atoms with Crippen LogP contribution in [0, 0.1) is 0 Å². The minimum atomic E-state index is -4.33. The summed E-state index contributed by atoms with van der Waals surface area (Å²) in [4.78, 5) is 23.5. The van der Waals surface area contributed by atoms with Gasteiger partial charge in [0.15, 0.2) is 0 Å². The maximum absolute atomic E-state index is 13.1. The van der Waals surface area contributed by atoms with Crippen LogP contribution in [0.2, 0.25) is 0 Å². The average Bonchev–Trinajstić information content (AvgIpc) is 3.72. The molecule has 3 atom stereocenters. The Bertz CT molecular complexity index is 1650. The number of phosphoric ester groups is 1. The van der Waals surface area contributed by atoms with E-state index >= 15 is 0 Å². The molecule has 0 aromatic carbocycles. The van der Waals surface area contributed by atoms with Crippen molar-refractivity contribution in [2.75, 3.05) is 40.9 Å². The van der Waals surface area contributed by atoms with Gasteiger partial charge in [-0.05, 0) is 57.8 Å². The first kappa shape index (κ1) is 88.2. The van der Waals surface area contributed by atoms with Crippen LogP contribution in [0.3, 0.4) is 0 Å². The lowest BCUT2D eigenvalue weighted by molar-refractivity contribution is -0.870. The number of hydrogen-bond acceptors (Lipinski definition) is 5. The van der Waals surface area contributed by atoms with Gasteiger partial charge in [0.2, 0.25) is 5.91 Å². The van der Waals surface area contributed by atoms with Gasteiger partial charge in [0.05, 0.1) is 39.9 Å². The predicted molar refractivity (Wildman–Crippen MR) is 397 cm³/mol. The molecule has 3 unspecified atom stereocenters. The molecule has 0 saturated heterocycles. The highest BCUT2D eigenvalue weighted by Gasteiger charge is 2.28. The molecule has 0 aliphatic heterocycles. The highest BCUT2D eigenvalue weighted by Crippen LogP contribution is 2.43. The molecule has 0 rings (SSSR count). The van der Waals surface area contributed by atoms with Crippen molar-refractivity contribution in [3.63, 3.8) is 0 Å². The third-order valence-corrected chi connectivity index (χ3v) is 19.3. The molecule has 0 aromatic rings. The Morgan fingerprint density at radius 3 is 0.978 bits per heavy atom. The molecule has 9 heteroatoms. The average molecular weight is 1290 g/mol. The first-order valence-electron chi connectivity index (χ1n) is 39.7. The van der Waals surface area contributed by atoms with Gasteiger partial charge in [0, 0.05) is 6.42 Å². The van der Waals surface area contributed by atoms with Crippen LogP contribution in [0.4, 0.5) is 0 Å². The minimum absolute atomic E-state index is 0.0765. The minimum Gasteiger partial charge on any atom is -0.391 e. The van der Waals surface area contributed by atoms with Crippen molar-refractivity contribution in [3.8, 4) is 0 Å². The largest absolute Gasteiger partial charge is 0.472 e. The van der Waals surface area contributed by atoms with Gasteiger partial charge < -0.3 is 19.8 Å². The normalized spacial score (nSPS) is 13.8. The Hall–Kier alpha value is -1.80. The van der Waals surface area contributed by atoms with Gasteiger partial charge in [0.25, 0.3) is 0 Å². The zero-order chi connectivity index (χ0) is 65.5. The molecule has 0 fully saturated rings. The Morgan fingerprint density at radius 1 is 0.389 bits per heavy atom. The van der Waals surface area contributed by atoms with Gasteiger partial charge in [-0.2, -0.15) is 0 Å². The van der Waals surface area contributed by atoms with Crippen molar-refractivity contribution in [3.05, 3.63) is 60.8 Å². The van der Waals surface area contributed by atoms with Crippen LogP contribution >= 0.6 is 7.82 Å². The van der Waals surface area contributed by atoms with Crippen molar-refractivity contribution >= 4 is 13.7 Å².